The topological polar surface area (TPSA) is 90.3 Å². The molecule has 1 fully saturated rings. The van der Waals surface area contributed by atoms with Crippen molar-refractivity contribution in [1.82, 2.24) is 14.9 Å². The summed E-state index contributed by atoms with van der Waals surface area (Å²) in [5.41, 5.74) is 0.360. The van der Waals surface area contributed by atoms with E-state index in [9.17, 15) is 14.4 Å². The molecule has 0 aliphatic heterocycles. The third-order valence-electron chi connectivity index (χ3n) is 4.65. The number of aromatic nitrogens is 2. The van der Waals surface area contributed by atoms with E-state index in [1.807, 2.05) is 6.07 Å². The molecule has 1 aromatic carbocycles. The van der Waals surface area contributed by atoms with Gasteiger partial charge in [0.2, 0.25) is 5.91 Å². The van der Waals surface area contributed by atoms with E-state index in [0.29, 0.717) is 16.1 Å². The minimum atomic E-state index is -0.398. The van der Waals surface area contributed by atoms with E-state index in [1.165, 1.54) is 23.4 Å². The third kappa shape index (κ3) is 4.88. The predicted molar refractivity (Wildman–Crippen MR) is 104 cm³/mol. The van der Waals surface area contributed by atoms with Crippen molar-refractivity contribution in [3.63, 3.8) is 0 Å². The van der Waals surface area contributed by atoms with Crippen molar-refractivity contribution in [2.45, 2.75) is 49.8 Å². The number of nitrogens with one attached hydrogen (secondary N) is 1. The van der Waals surface area contributed by atoms with Gasteiger partial charge >= 0.3 is 5.97 Å². The molecule has 0 atom stereocenters. The molecule has 0 unspecified atom stereocenters. The number of ether oxygens (including phenoxy) is 1. The molecule has 2 aromatic rings. The Labute approximate surface area is 161 Å². The van der Waals surface area contributed by atoms with Gasteiger partial charge in [0.1, 0.15) is 0 Å². The van der Waals surface area contributed by atoms with Gasteiger partial charge in [-0.2, -0.15) is 0 Å². The second kappa shape index (κ2) is 9.03. The van der Waals surface area contributed by atoms with Crippen LogP contribution >= 0.6 is 11.8 Å². The molecule has 144 valence electrons. The van der Waals surface area contributed by atoms with E-state index < -0.39 is 5.97 Å². The number of esters is 1. The second-order valence-corrected chi connectivity index (χ2v) is 7.47. The molecule has 8 heteroatoms. The number of fused-ring (bicyclic) bond motifs is 1. The minimum Gasteiger partial charge on any atom is -0.469 e. The molecule has 1 N–H and O–H groups in total. The van der Waals surface area contributed by atoms with Crippen LogP contribution in [0.15, 0.2) is 34.2 Å². The van der Waals surface area contributed by atoms with Gasteiger partial charge < -0.3 is 10.1 Å². The summed E-state index contributed by atoms with van der Waals surface area (Å²) in [4.78, 5) is 41.1. The van der Waals surface area contributed by atoms with Crippen molar-refractivity contribution < 1.29 is 14.3 Å². The lowest BCUT2D eigenvalue weighted by molar-refractivity contribution is -0.140. The molecule has 1 amide bonds. The van der Waals surface area contributed by atoms with Crippen molar-refractivity contribution in [2.75, 3.05) is 12.9 Å². The molecular weight excluding hydrogens is 366 g/mol. The van der Waals surface area contributed by atoms with Gasteiger partial charge in [0.25, 0.3) is 5.56 Å². The number of rotatable bonds is 7. The number of carbonyl (C=O) groups excluding carboxylic acids is 2. The molecule has 0 spiro atoms. The molecule has 1 aliphatic carbocycles. The van der Waals surface area contributed by atoms with Crippen LogP contribution in [0.1, 0.15) is 32.1 Å². The summed E-state index contributed by atoms with van der Waals surface area (Å²) in [6.45, 7) is 0.163. The second-order valence-electron chi connectivity index (χ2n) is 6.53. The Bertz CT molecular complexity index is 890. The van der Waals surface area contributed by atoms with E-state index in [2.05, 4.69) is 15.0 Å². The number of thioether (sulfide) groups is 1. The van der Waals surface area contributed by atoms with Crippen molar-refractivity contribution in [3.8, 4) is 0 Å². The Morgan fingerprint density at radius 1 is 1.30 bits per heavy atom. The lowest BCUT2D eigenvalue weighted by atomic mass is 10.2. The summed E-state index contributed by atoms with van der Waals surface area (Å²) >= 11 is 1.21. The fraction of sp³-hybridized carbons (Fsp3) is 0.474. The zero-order valence-electron chi connectivity index (χ0n) is 15.3. The van der Waals surface area contributed by atoms with E-state index in [1.54, 1.807) is 18.2 Å². The highest BCUT2D eigenvalue weighted by Gasteiger charge is 2.18. The first-order valence-electron chi connectivity index (χ1n) is 9.07. The number of methoxy groups -OCH3 is 1. The van der Waals surface area contributed by atoms with Gasteiger partial charge in [-0.05, 0) is 25.0 Å². The van der Waals surface area contributed by atoms with Crippen LogP contribution in [-0.4, -0.2) is 40.3 Å². The zero-order chi connectivity index (χ0) is 19.2. The van der Waals surface area contributed by atoms with Crippen LogP contribution < -0.4 is 10.9 Å². The van der Waals surface area contributed by atoms with Crippen molar-refractivity contribution in [1.29, 1.82) is 0 Å². The fourth-order valence-electron chi connectivity index (χ4n) is 3.23. The van der Waals surface area contributed by atoms with E-state index >= 15 is 0 Å². The molecule has 0 saturated heterocycles. The maximum Gasteiger partial charge on any atom is 0.307 e. The molecule has 3 rings (SSSR count). The normalized spacial score (nSPS) is 14.4. The number of hydrogen-bond acceptors (Lipinski definition) is 6. The maximum atomic E-state index is 12.8. The van der Waals surface area contributed by atoms with Gasteiger partial charge in [0.05, 0.1) is 30.2 Å². The van der Waals surface area contributed by atoms with E-state index in [-0.39, 0.29) is 36.2 Å². The highest BCUT2D eigenvalue weighted by molar-refractivity contribution is 7.99. The maximum absolute atomic E-state index is 12.8. The van der Waals surface area contributed by atoms with Crippen LogP contribution in [0.3, 0.4) is 0 Å². The Kier molecular flexibility index (Phi) is 6.49. The number of hydrogen-bond donors (Lipinski definition) is 1. The number of amides is 1. The van der Waals surface area contributed by atoms with Crippen LogP contribution in [0.5, 0.6) is 0 Å². The molecule has 1 aromatic heterocycles. The Morgan fingerprint density at radius 2 is 2.04 bits per heavy atom. The molecule has 7 nitrogen and oxygen atoms in total. The van der Waals surface area contributed by atoms with E-state index in [0.717, 1.165) is 25.7 Å². The summed E-state index contributed by atoms with van der Waals surface area (Å²) < 4.78 is 6.12. The van der Waals surface area contributed by atoms with Crippen LogP contribution in [0.4, 0.5) is 0 Å². The van der Waals surface area contributed by atoms with Crippen LogP contribution in [0.2, 0.25) is 0 Å². The lowest BCUT2D eigenvalue weighted by Crippen LogP contribution is -2.34. The molecule has 27 heavy (non-hydrogen) atoms. The van der Waals surface area contributed by atoms with Crippen LogP contribution in [0, 0.1) is 0 Å². The first-order chi connectivity index (χ1) is 13.1. The van der Waals surface area contributed by atoms with Gasteiger partial charge in [-0.3, -0.25) is 19.0 Å². The number of benzene rings is 1. The lowest BCUT2D eigenvalue weighted by Gasteiger charge is -2.14. The summed E-state index contributed by atoms with van der Waals surface area (Å²) in [6.07, 6.45) is 4.41. The van der Waals surface area contributed by atoms with Gasteiger partial charge in [-0.1, -0.05) is 36.7 Å². The predicted octanol–water partition coefficient (Wildman–Crippen LogP) is 2.11. The largest absolute Gasteiger partial charge is 0.469 e. The van der Waals surface area contributed by atoms with Crippen molar-refractivity contribution in [2.24, 2.45) is 0 Å². The average molecular weight is 389 g/mol. The standard InChI is InChI=1S/C19H23N3O4S/c1-26-17(24)10-11-22-18(25)14-8-4-5-9-15(14)21-19(22)27-12-16(23)20-13-6-2-3-7-13/h4-5,8-9,13H,2-3,6-7,10-12H2,1H3,(H,20,23). The monoisotopic (exact) mass is 389 g/mol. The highest BCUT2D eigenvalue weighted by atomic mass is 32.2. The van der Waals surface area contributed by atoms with Crippen LogP contribution in [-0.2, 0) is 20.9 Å². The Morgan fingerprint density at radius 3 is 2.78 bits per heavy atom. The summed E-state index contributed by atoms with van der Waals surface area (Å²) in [5, 5.41) is 3.95. The number of carbonyl (C=O) groups is 2. The van der Waals surface area contributed by atoms with Crippen LogP contribution in [0.25, 0.3) is 10.9 Å². The van der Waals surface area contributed by atoms with Gasteiger partial charge in [-0.15, -0.1) is 0 Å². The van der Waals surface area contributed by atoms with Gasteiger partial charge in [0, 0.05) is 12.6 Å². The number of nitrogens with zero attached hydrogens (tertiary/aromatic N) is 2. The summed E-state index contributed by atoms with van der Waals surface area (Å²) in [7, 11) is 1.31. The SMILES string of the molecule is COC(=O)CCn1c(SCC(=O)NC2CCCC2)nc2ccccc2c1=O. The molecule has 1 saturated carbocycles. The van der Waals surface area contributed by atoms with E-state index in [4.69, 9.17) is 0 Å². The van der Waals surface area contributed by atoms with Crippen molar-refractivity contribution >= 4 is 34.5 Å². The van der Waals surface area contributed by atoms with Gasteiger partial charge in [0.15, 0.2) is 5.16 Å². The summed E-state index contributed by atoms with van der Waals surface area (Å²) in [5.74, 6) is -0.279. The first-order valence-corrected chi connectivity index (χ1v) is 10.1. The van der Waals surface area contributed by atoms with Crippen molar-refractivity contribution in [3.05, 3.63) is 34.6 Å². The fourth-order valence-corrected chi connectivity index (χ4v) is 4.07. The molecule has 0 radical (unpaired) electrons. The molecule has 0 bridgehead atoms. The quantitative estimate of drug-likeness (QED) is 0.443. The van der Waals surface area contributed by atoms with Gasteiger partial charge in [-0.25, -0.2) is 4.98 Å². The summed E-state index contributed by atoms with van der Waals surface area (Å²) in [6, 6.07) is 7.32. The average Bonchev–Trinajstić information content (AvgIpc) is 3.18. The molecule has 1 heterocycles. The first kappa shape index (κ1) is 19.4. The highest BCUT2D eigenvalue weighted by Crippen LogP contribution is 2.20. The Hall–Kier alpha value is -2.35. The minimum absolute atomic E-state index is 0.0613. The zero-order valence-corrected chi connectivity index (χ0v) is 16.1. The smallest absolute Gasteiger partial charge is 0.307 e. The number of para-hydroxylation sites is 1. The third-order valence-corrected chi connectivity index (χ3v) is 5.62. The molecule has 1 aliphatic rings. The molecular formula is C19H23N3O4S. The Balaban J connectivity index is 1.79.